The van der Waals surface area contributed by atoms with E-state index >= 15 is 0 Å². The topological polar surface area (TPSA) is 195 Å². The Morgan fingerprint density at radius 3 is 1.56 bits per heavy atom. The molecule has 0 aliphatic heterocycles. The molecule has 0 saturated heterocycles. The van der Waals surface area contributed by atoms with Gasteiger partial charge in [-0.15, -0.1) is 0 Å². The van der Waals surface area contributed by atoms with Crippen LogP contribution in [0.2, 0.25) is 0 Å². The predicted molar refractivity (Wildman–Crippen MR) is 175 cm³/mol. The van der Waals surface area contributed by atoms with Gasteiger partial charge in [-0.1, -0.05) is 0 Å². The number of hydrogen-bond donors (Lipinski definition) is 2. The number of carbonyl (C=O) groups excluding carboxylic acids is 3. The molecule has 0 aliphatic carbocycles. The number of hydrogen-bond acceptors (Lipinski definition) is 12. The van der Waals surface area contributed by atoms with Crippen molar-refractivity contribution in [2.24, 2.45) is 5.73 Å². The van der Waals surface area contributed by atoms with E-state index in [0.29, 0.717) is 35.8 Å². The lowest BCUT2D eigenvalue weighted by atomic mass is 10.0. The molecule has 3 N–H and O–H groups in total. The molecule has 0 spiro atoms. The molecule has 286 valence electrons. The molecule has 0 bridgehead atoms. The van der Waals surface area contributed by atoms with Crippen LogP contribution in [0.1, 0.15) is 93.4 Å². The summed E-state index contributed by atoms with van der Waals surface area (Å²) in [5, 5.41) is 10.4. The summed E-state index contributed by atoms with van der Waals surface area (Å²) in [5.41, 5.74) is 2.92. The maximum atomic E-state index is 13.1. The molecule has 0 radical (unpaired) electrons. The molecule has 4 aromatic heterocycles. The Bertz CT molecular complexity index is 2070. The summed E-state index contributed by atoms with van der Waals surface area (Å²) in [5.74, 6) is -1.68. The Balaban J connectivity index is 0.000000287. The molecule has 2 atom stereocenters. The minimum Gasteiger partial charge on any atom is -0.462 e. The molecule has 15 nitrogen and oxygen atoms in total. The van der Waals surface area contributed by atoms with Gasteiger partial charge in [-0.3, -0.25) is 14.8 Å². The van der Waals surface area contributed by atoms with Gasteiger partial charge in [0.15, 0.2) is 11.6 Å². The summed E-state index contributed by atoms with van der Waals surface area (Å²) in [6.07, 6.45) is 0.956. The van der Waals surface area contributed by atoms with Gasteiger partial charge in [0, 0.05) is 48.8 Å². The van der Waals surface area contributed by atoms with Crippen LogP contribution in [-0.4, -0.2) is 70.6 Å². The molecular formula is C33H32F6N10O5. The fourth-order valence-electron chi connectivity index (χ4n) is 4.61. The maximum Gasteiger partial charge on any atom is 0.416 e. The van der Waals surface area contributed by atoms with Crippen molar-refractivity contribution in [2.75, 3.05) is 13.2 Å². The average Bonchev–Trinajstić information content (AvgIpc) is 3.83. The SMILES string of the molecule is CCOC(=O)c1cnn(-c2nccnc2[C@@H](C)N)c1.CCOC(=O)c1cnn(-c2nccnc2[C@@H](C)NC(=O)c2cc(C(F)(F)F)cc(C(F)(F)F)c2)c1. The van der Waals surface area contributed by atoms with Crippen LogP contribution in [0.4, 0.5) is 26.3 Å². The van der Waals surface area contributed by atoms with Gasteiger partial charge >= 0.3 is 24.3 Å². The number of carbonyl (C=O) groups is 3. The molecule has 0 saturated carbocycles. The Kier molecular flexibility index (Phi) is 12.8. The number of aromatic nitrogens is 8. The molecular weight excluding hydrogens is 730 g/mol. The zero-order valence-corrected chi connectivity index (χ0v) is 28.9. The summed E-state index contributed by atoms with van der Waals surface area (Å²) < 4.78 is 91.1. The van der Waals surface area contributed by atoms with Crippen LogP contribution in [0.3, 0.4) is 0 Å². The van der Waals surface area contributed by atoms with E-state index in [1.54, 1.807) is 32.4 Å². The summed E-state index contributed by atoms with van der Waals surface area (Å²) in [6, 6.07) is -0.716. The molecule has 54 heavy (non-hydrogen) atoms. The van der Waals surface area contributed by atoms with Gasteiger partial charge in [0.1, 0.15) is 11.4 Å². The van der Waals surface area contributed by atoms with E-state index < -0.39 is 52.9 Å². The van der Waals surface area contributed by atoms with Crippen LogP contribution in [0.5, 0.6) is 0 Å². The van der Waals surface area contributed by atoms with E-state index in [-0.39, 0.29) is 35.8 Å². The number of rotatable bonds is 10. The molecule has 1 aromatic carbocycles. The molecule has 21 heteroatoms. The van der Waals surface area contributed by atoms with Crippen molar-refractivity contribution in [3.8, 4) is 11.6 Å². The molecule has 0 aliphatic rings. The Labute approximate surface area is 302 Å². The monoisotopic (exact) mass is 762 g/mol. The average molecular weight is 763 g/mol. The first-order valence-corrected chi connectivity index (χ1v) is 15.9. The van der Waals surface area contributed by atoms with Crippen LogP contribution in [0, 0.1) is 0 Å². The van der Waals surface area contributed by atoms with Crippen molar-refractivity contribution in [3.05, 3.63) is 107 Å². The second-order valence-corrected chi connectivity index (χ2v) is 11.1. The third-order valence-electron chi connectivity index (χ3n) is 7.07. The second kappa shape index (κ2) is 17.1. The number of amides is 1. The largest absolute Gasteiger partial charge is 0.462 e. The molecule has 1 amide bonds. The second-order valence-electron chi connectivity index (χ2n) is 11.1. The highest BCUT2D eigenvalue weighted by molar-refractivity contribution is 5.95. The quantitative estimate of drug-likeness (QED) is 0.139. The lowest BCUT2D eigenvalue weighted by Gasteiger charge is -2.18. The summed E-state index contributed by atoms with van der Waals surface area (Å²) in [4.78, 5) is 52.6. The van der Waals surface area contributed by atoms with Gasteiger partial charge in [0.25, 0.3) is 5.91 Å². The van der Waals surface area contributed by atoms with Crippen molar-refractivity contribution in [2.45, 2.75) is 52.1 Å². The Morgan fingerprint density at radius 2 is 1.13 bits per heavy atom. The van der Waals surface area contributed by atoms with E-state index in [2.05, 4.69) is 35.5 Å². The van der Waals surface area contributed by atoms with Gasteiger partial charge in [0.05, 0.1) is 53.9 Å². The normalized spacial score (nSPS) is 12.6. The molecule has 0 unspecified atom stereocenters. The van der Waals surface area contributed by atoms with Crippen LogP contribution in [0.15, 0.2) is 67.8 Å². The predicted octanol–water partition coefficient (Wildman–Crippen LogP) is 5.23. The van der Waals surface area contributed by atoms with Gasteiger partial charge in [-0.05, 0) is 45.9 Å². The third kappa shape index (κ3) is 9.99. The van der Waals surface area contributed by atoms with Gasteiger partial charge < -0.3 is 20.5 Å². The zero-order valence-electron chi connectivity index (χ0n) is 28.9. The summed E-state index contributed by atoms with van der Waals surface area (Å²) in [6.45, 7) is 7.03. The van der Waals surface area contributed by atoms with E-state index in [1.165, 1.54) is 47.3 Å². The number of esters is 2. The van der Waals surface area contributed by atoms with Gasteiger partial charge in [0.2, 0.25) is 0 Å². The highest BCUT2D eigenvalue weighted by Gasteiger charge is 2.37. The van der Waals surface area contributed by atoms with Crippen molar-refractivity contribution in [1.29, 1.82) is 0 Å². The van der Waals surface area contributed by atoms with Crippen molar-refractivity contribution in [3.63, 3.8) is 0 Å². The first-order chi connectivity index (χ1) is 25.4. The van der Waals surface area contributed by atoms with Gasteiger partial charge in [-0.25, -0.2) is 28.9 Å². The number of benzene rings is 1. The highest BCUT2D eigenvalue weighted by Crippen LogP contribution is 2.36. The van der Waals surface area contributed by atoms with E-state index in [0.717, 1.165) is 0 Å². The number of nitrogens with two attached hydrogens (primary N) is 1. The Morgan fingerprint density at radius 1 is 0.704 bits per heavy atom. The van der Waals surface area contributed by atoms with Crippen molar-refractivity contribution >= 4 is 17.8 Å². The first kappa shape index (κ1) is 40.5. The highest BCUT2D eigenvalue weighted by atomic mass is 19.4. The smallest absolute Gasteiger partial charge is 0.416 e. The van der Waals surface area contributed by atoms with E-state index in [4.69, 9.17) is 15.2 Å². The number of ether oxygens (including phenoxy) is 2. The maximum absolute atomic E-state index is 13.1. The van der Waals surface area contributed by atoms with E-state index in [1.807, 2.05) is 6.92 Å². The summed E-state index contributed by atoms with van der Waals surface area (Å²) >= 11 is 0. The standard InChI is InChI=1S/C21H17F6N5O3.C12H15N5O2/c1-3-35-19(34)13-9-30-32(10-13)17-16(28-4-5-29-17)11(2)31-18(33)12-6-14(20(22,23)24)8-15(7-12)21(25,26)27;1-3-19-12(18)9-6-16-17(7-9)11-10(8(2)13)14-4-5-15-11/h4-11H,3H2,1-2H3,(H,31,33);4-8H,3,13H2,1-2H3/t11-;8-/m11/s1. The molecule has 5 aromatic rings. The minimum atomic E-state index is -5.10. The molecule has 5 rings (SSSR count). The van der Waals surface area contributed by atoms with Crippen LogP contribution >= 0.6 is 0 Å². The van der Waals surface area contributed by atoms with Gasteiger partial charge in [-0.2, -0.15) is 36.5 Å². The summed E-state index contributed by atoms with van der Waals surface area (Å²) in [7, 11) is 0. The van der Waals surface area contributed by atoms with Crippen LogP contribution in [-0.2, 0) is 21.8 Å². The molecule has 4 heterocycles. The van der Waals surface area contributed by atoms with Crippen LogP contribution < -0.4 is 11.1 Å². The lowest BCUT2D eigenvalue weighted by molar-refractivity contribution is -0.143. The zero-order chi connectivity index (χ0) is 39.8. The number of nitrogens with one attached hydrogen (secondary N) is 1. The van der Waals surface area contributed by atoms with Crippen molar-refractivity contribution < 1.29 is 50.2 Å². The van der Waals surface area contributed by atoms with Crippen LogP contribution in [0.25, 0.3) is 11.6 Å². The fourth-order valence-corrected chi connectivity index (χ4v) is 4.61. The molecule has 0 fully saturated rings. The van der Waals surface area contributed by atoms with E-state index in [9.17, 15) is 40.7 Å². The first-order valence-electron chi connectivity index (χ1n) is 15.9. The number of alkyl halides is 6. The fraction of sp³-hybridized carbons (Fsp3) is 0.303. The number of halogens is 6. The lowest BCUT2D eigenvalue weighted by Crippen LogP contribution is -2.29. The van der Waals surface area contributed by atoms with Crippen molar-refractivity contribution in [1.82, 2.24) is 44.8 Å². The number of nitrogens with zero attached hydrogens (tertiary/aromatic N) is 8. The third-order valence-corrected chi connectivity index (χ3v) is 7.07. The Hall–Kier alpha value is -6.25. The minimum absolute atomic E-state index is 0.0656.